The third-order valence-electron chi connectivity index (χ3n) is 8.74. The molecular formula is C22H32O2. The van der Waals surface area contributed by atoms with Gasteiger partial charge in [-0.2, -0.15) is 0 Å². The van der Waals surface area contributed by atoms with Gasteiger partial charge in [-0.3, -0.25) is 9.59 Å². The standard InChI is InChI=1S/C22H32O2/c1-13-11-19-17-6-5-15-12-16(24)7-9-21(15,3)18(17)8-10-22(19,4)20(13)14(2)23/h12-13,17-20H,5-11H2,1-4H3/t13?,17-,18-,19-,20+,21-,22-/m0/s1. The minimum atomic E-state index is 0.217. The highest BCUT2D eigenvalue weighted by molar-refractivity contribution is 5.91. The molecule has 0 saturated heterocycles. The lowest BCUT2D eigenvalue weighted by Gasteiger charge is -2.58. The summed E-state index contributed by atoms with van der Waals surface area (Å²) in [5.74, 6) is 3.74. The van der Waals surface area contributed by atoms with Gasteiger partial charge in [-0.15, -0.1) is 0 Å². The van der Waals surface area contributed by atoms with Crippen LogP contribution in [0.2, 0.25) is 0 Å². The van der Waals surface area contributed by atoms with E-state index in [-0.39, 0.29) is 16.7 Å². The summed E-state index contributed by atoms with van der Waals surface area (Å²) >= 11 is 0. The average molecular weight is 328 g/mol. The molecule has 1 unspecified atom stereocenters. The van der Waals surface area contributed by atoms with Crippen molar-refractivity contribution in [1.29, 1.82) is 0 Å². The summed E-state index contributed by atoms with van der Waals surface area (Å²) in [5, 5.41) is 0. The van der Waals surface area contributed by atoms with Crippen molar-refractivity contribution in [3.05, 3.63) is 11.6 Å². The summed E-state index contributed by atoms with van der Waals surface area (Å²) in [7, 11) is 0. The summed E-state index contributed by atoms with van der Waals surface area (Å²) in [4.78, 5) is 24.3. The molecule has 0 radical (unpaired) electrons. The van der Waals surface area contributed by atoms with Crippen LogP contribution in [0.4, 0.5) is 0 Å². The van der Waals surface area contributed by atoms with Gasteiger partial charge >= 0.3 is 0 Å². The fraction of sp³-hybridized carbons (Fsp3) is 0.818. The Morgan fingerprint density at radius 1 is 1.12 bits per heavy atom. The summed E-state index contributed by atoms with van der Waals surface area (Å²) in [5.41, 5.74) is 1.90. The van der Waals surface area contributed by atoms with Crippen molar-refractivity contribution >= 4 is 11.6 Å². The van der Waals surface area contributed by atoms with E-state index in [0.29, 0.717) is 23.4 Å². The van der Waals surface area contributed by atoms with Gasteiger partial charge in [-0.05, 0) is 86.0 Å². The highest BCUT2D eigenvalue weighted by atomic mass is 16.1. The quantitative estimate of drug-likeness (QED) is 0.681. The Kier molecular flexibility index (Phi) is 3.64. The fourth-order valence-corrected chi connectivity index (χ4v) is 7.79. The Balaban J connectivity index is 1.69. The molecule has 24 heavy (non-hydrogen) atoms. The zero-order valence-corrected chi connectivity index (χ0v) is 15.7. The van der Waals surface area contributed by atoms with E-state index in [1.165, 1.54) is 31.3 Å². The van der Waals surface area contributed by atoms with Crippen LogP contribution in [0.1, 0.15) is 72.6 Å². The van der Waals surface area contributed by atoms with Crippen molar-refractivity contribution < 1.29 is 9.59 Å². The number of hydrogen-bond acceptors (Lipinski definition) is 2. The first kappa shape index (κ1) is 16.5. The second-order valence-electron chi connectivity index (χ2n) is 9.81. The number of hydrogen-bond donors (Lipinski definition) is 0. The molecule has 0 spiro atoms. The van der Waals surface area contributed by atoms with Crippen LogP contribution >= 0.6 is 0 Å². The Hall–Kier alpha value is -0.920. The topological polar surface area (TPSA) is 34.1 Å². The minimum Gasteiger partial charge on any atom is -0.300 e. The molecule has 0 aromatic heterocycles. The SMILES string of the molecule is CC(=O)[C@H]1C(C)C[C@H]2[C@H]3CCC4=CC(=O)CC[C@]4(C)[C@H]3CC[C@]12C. The summed E-state index contributed by atoms with van der Waals surface area (Å²) < 4.78 is 0. The number of carbonyl (C=O) groups excluding carboxylic acids is 2. The third-order valence-corrected chi connectivity index (χ3v) is 8.74. The van der Waals surface area contributed by atoms with E-state index >= 15 is 0 Å². The lowest BCUT2D eigenvalue weighted by molar-refractivity contribution is -0.129. The van der Waals surface area contributed by atoms with Crippen LogP contribution < -0.4 is 0 Å². The Morgan fingerprint density at radius 3 is 2.58 bits per heavy atom. The van der Waals surface area contributed by atoms with Crippen LogP contribution in [-0.2, 0) is 9.59 Å². The van der Waals surface area contributed by atoms with E-state index in [1.807, 2.05) is 13.0 Å². The zero-order chi connectivity index (χ0) is 17.3. The van der Waals surface area contributed by atoms with E-state index in [9.17, 15) is 9.59 Å². The molecule has 0 aliphatic heterocycles. The molecule has 0 aromatic carbocycles. The molecule has 0 N–H and O–H groups in total. The first-order valence-corrected chi connectivity index (χ1v) is 10.0. The molecule has 132 valence electrons. The first-order chi connectivity index (χ1) is 11.3. The van der Waals surface area contributed by atoms with Crippen LogP contribution in [0.5, 0.6) is 0 Å². The predicted molar refractivity (Wildman–Crippen MR) is 95.4 cm³/mol. The van der Waals surface area contributed by atoms with Crippen molar-refractivity contribution in [2.45, 2.75) is 72.6 Å². The van der Waals surface area contributed by atoms with Crippen molar-refractivity contribution in [3.8, 4) is 0 Å². The van der Waals surface area contributed by atoms with Gasteiger partial charge in [-0.1, -0.05) is 26.3 Å². The van der Waals surface area contributed by atoms with Gasteiger partial charge in [0.1, 0.15) is 5.78 Å². The molecule has 7 atom stereocenters. The maximum absolute atomic E-state index is 12.4. The number of carbonyl (C=O) groups is 2. The maximum atomic E-state index is 12.4. The highest BCUT2D eigenvalue weighted by Crippen LogP contribution is 2.67. The minimum absolute atomic E-state index is 0.217. The summed E-state index contributed by atoms with van der Waals surface area (Å²) in [6, 6.07) is 0. The molecule has 3 fully saturated rings. The molecular weight excluding hydrogens is 296 g/mol. The summed E-state index contributed by atoms with van der Waals surface area (Å²) in [6.45, 7) is 8.98. The highest BCUT2D eigenvalue weighted by Gasteiger charge is 2.61. The van der Waals surface area contributed by atoms with E-state index in [2.05, 4.69) is 20.8 Å². The van der Waals surface area contributed by atoms with Gasteiger partial charge in [0.15, 0.2) is 5.78 Å². The largest absolute Gasteiger partial charge is 0.300 e. The number of fused-ring (bicyclic) bond motifs is 5. The van der Waals surface area contributed by atoms with Crippen molar-refractivity contribution in [2.75, 3.05) is 0 Å². The molecule has 3 saturated carbocycles. The van der Waals surface area contributed by atoms with E-state index in [1.54, 1.807) is 0 Å². The smallest absolute Gasteiger partial charge is 0.155 e. The molecule has 2 nitrogen and oxygen atoms in total. The Morgan fingerprint density at radius 2 is 1.88 bits per heavy atom. The maximum Gasteiger partial charge on any atom is 0.155 e. The monoisotopic (exact) mass is 328 g/mol. The molecule has 0 bridgehead atoms. The van der Waals surface area contributed by atoms with Gasteiger partial charge in [0.05, 0.1) is 0 Å². The van der Waals surface area contributed by atoms with Crippen molar-refractivity contribution in [3.63, 3.8) is 0 Å². The van der Waals surface area contributed by atoms with E-state index < -0.39 is 0 Å². The van der Waals surface area contributed by atoms with Gasteiger partial charge in [-0.25, -0.2) is 0 Å². The van der Waals surface area contributed by atoms with Crippen molar-refractivity contribution in [2.24, 2.45) is 40.4 Å². The average Bonchev–Trinajstić information content (AvgIpc) is 2.78. The molecule has 2 heteroatoms. The number of allylic oxidation sites excluding steroid dienone is 1. The van der Waals surface area contributed by atoms with Gasteiger partial charge in [0.2, 0.25) is 0 Å². The van der Waals surface area contributed by atoms with Gasteiger partial charge in [0.25, 0.3) is 0 Å². The molecule has 0 amide bonds. The van der Waals surface area contributed by atoms with Gasteiger partial charge < -0.3 is 0 Å². The Bertz CT molecular complexity index is 617. The number of ketones is 2. The van der Waals surface area contributed by atoms with Crippen LogP contribution in [0.15, 0.2) is 11.6 Å². The second kappa shape index (κ2) is 5.29. The normalized spacial score (nSPS) is 50.6. The van der Waals surface area contributed by atoms with Crippen LogP contribution in [0, 0.1) is 40.4 Å². The lowest BCUT2D eigenvalue weighted by atomic mass is 9.46. The molecule has 0 heterocycles. The third kappa shape index (κ3) is 2.07. The number of Topliss-reactive ketones (excluding diaryl/α,β-unsaturated/α-hetero) is 1. The van der Waals surface area contributed by atoms with Crippen LogP contribution in [-0.4, -0.2) is 11.6 Å². The predicted octanol–water partition coefficient (Wildman–Crippen LogP) is 4.97. The Labute approximate surface area is 146 Å². The lowest BCUT2D eigenvalue weighted by Crippen LogP contribution is -2.51. The van der Waals surface area contributed by atoms with Gasteiger partial charge in [0, 0.05) is 12.3 Å². The fourth-order valence-electron chi connectivity index (χ4n) is 7.79. The zero-order valence-electron chi connectivity index (χ0n) is 15.7. The summed E-state index contributed by atoms with van der Waals surface area (Å²) in [6.07, 6.45) is 9.79. The molecule has 4 rings (SSSR count). The van der Waals surface area contributed by atoms with Crippen molar-refractivity contribution in [1.82, 2.24) is 0 Å². The van der Waals surface area contributed by atoms with E-state index in [4.69, 9.17) is 0 Å². The molecule has 4 aliphatic carbocycles. The van der Waals surface area contributed by atoms with Crippen LogP contribution in [0.25, 0.3) is 0 Å². The molecule has 0 aromatic rings. The van der Waals surface area contributed by atoms with Crippen LogP contribution in [0.3, 0.4) is 0 Å². The second-order valence-corrected chi connectivity index (χ2v) is 9.81. The number of rotatable bonds is 1. The van der Waals surface area contributed by atoms with E-state index in [0.717, 1.165) is 31.1 Å². The molecule has 4 aliphatic rings. The first-order valence-electron chi connectivity index (χ1n) is 10.0.